The van der Waals surface area contributed by atoms with Gasteiger partial charge in [-0.3, -0.25) is 0 Å². The van der Waals surface area contributed by atoms with E-state index in [2.05, 4.69) is 157 Å². The molecule has 4 aliphatic carbocycles. The molecule has 0 fully saturated rings. The van der Waals surface area contributed by atoms with Gasteiger partial charge in [0.2, 0.25) is 0 Å². The molecule has 0 bridgehead atoms. The summed E-state index contributed by atoms with van der Waals surface area (Å²) in [6.07, 6.45) is 9.79. The van der Waals surface area contributed by atoms with Crippen molar-refractivity contribution in [3.05, 3.63) is 196 Å². The van der Waals surface area contributed by atoms with Crippen LogP contribution in [0.2, 0.25) is 0 Å². The van der Waals surface area contributed by atoms with Gasteiger partial charge in [-0.25, -0.2) is 0 Å². The molecule has 256 valence electrons. The molecule has 7 aromatic rings. The van der Waals surface area contributed by atoms with Gasteiger partial charge in [-0.2, -0.15) is 0 Å². The number of aryl methyl sites for hydroxylation is 5. The molecule has 0 N–H and O–H groups in total. The summed E-state index contributed by atoms with van der Waals surface area (Å²) in [5.74, 6) is 0. The maximum Gasteiger partial charge on any atom is 0.0726 e. The van der Waals surface area contributed by atoms with Gasteiger partial charge < -0.3 is 4.90 Å². The molecular weight excluding hydrogens is 639 g/mol. The molecule has 4 aliphatic rings. The summed E-state index contributed by atoms with van der Waals surface area (Å²) in [5.41, 5.74) is 24.3. The van der Waals surface area contributed by atoms with Crippen LogP contribution in [0, 0.1) is 6.92 Å². The van der Waals surface area contributed by atoms with E-state index >= 15 is 0 Å². The molecule has 1 nitrogen and oxygen atoms in total. The first-order chi connectivity index (χ1) is 26.2. The second kappa shape index (κ2) is 11.9. The summed E-state index contributed by atoms with van der Waals surface area (Å²) < 4.78 is 0. The molecule has 0 aromatic heterocycles. The molecular formula is C52H43N. The molecule has 0 aliphatic heterocycles. The van der Waals surface area contributed by atoms with Crippen LogP contribution in [0.15, 0.2) is 146 Å². The van der Waals surface area contributed by atoms with Gasteiger partial charge in [0.25, 0.3) is 0 Å². The van der Waals surface area contributed by atoms with Gasteiger partial charge in [-0.15, -0.1) is 0 Å². The largest absolute Gasteiger partial charge is 0.310 e. The number of anilines is 3. The number of fused-ring (bicyclic) bond motifs is 12. The maximum absolute atomic E-state index is 2.61. The second-order valence-electron chi connectivity index (χ2n) is 15.8. The van der Waals surface area contributed by atoms with Crippen LogP contribution in [0.25, 0.3) is 33.4 Å². The Labute approximate surface area is 313 Å². The number of para-hydroxylation sites is 1. The van der Waals surface area contributed by atoms with Crippen molar-refractivity contribution in [1.82, 2.24) is 0 Å². The minimum Gasteiger partial charge on any atom is -0.310 e. The molecule has 0 saturated heterocycles. The Hall–Kier alpha value is -5.66. The predicted octanol–water partition coefficient (Wildman–Crippen LogP) is 13.2. The van der Waals surface area contributed by atoms with E-state index in [1.807, 2.05) is 0 Å². The summed E-state index contributed by atoms with van der Waals surface area (Å²) >= 11 is 0. The van der Waals surface area contributed by atoms with Gasteiger partial charge in [0, 0.05) is 16.9 Å². The summed E-state index contributed by atoms with van der Waals surface area (Å²) in [7, 11) is 0. The number of hydrogen-bond acceptors (Lipinski definition) is 1. The molecule has 1 spiro atoms. The Morgan fingerprint density at radius 3 is 1.55 bits per heavy atom. The normalized spacial score (nSPS) is 15.6. The smallest absolute Gasteiger partial charge is 0.0726 e. The third-order valence-electron chi connectivity index (χ3n) is 12.9. The molecule has 0 amide bonds. The summed E-state index contributed by atoms with van der Waals surface area (Å²) in [5, 5.41) is 0. The van der Waals surface area contributed by atoms with Crippen molar-refractivity contribution in [2.45, 2.75) is 63.7 Å². The zero-order valence-corrected chi connectivity index (χ0v) is 30.5. The zero-order chi connectivity index (χ0) is 35.1. The highest BCUT2D eigenvalue weighted by atomic mass is 15.1. The van der Waals surface area contributed by atoms with Crippen molar-refractivity contribution in [2.75, 3.05) is 4.90 Å². The van der Waals surface area contributed by atoms with Crippen LogP contribution in [0.1, 0.15) is 75.8 Å². The van der Waals surface area contributed by atoms with E-state index in [1.165, 1.54) is 133 Å². The monoisotopic (exact) mass is 681 g/mol. The quantitative estimate of drug-likeness (QED) is 0.179. The lowest BCUT2D eigenvalue weighted by Crippen LogP contribution is -2.26. The molecule has 0 atom stereocenters. The van der Waals surface area contributed by atoms with Crippen LogP contribution in [0.3, 0.4) is 0 Å². The number of rotatable bonds is 4. The fourth-order valence-corrected chi connectivity index (χ4v) is 10.6. The highest BCUT2D eigenvalue weighted by Crippen LogP contribution is 2.64. The highest BCUT2D eigenvalue weighted by molar-refractivity contribution is 6.00. The fraction of sp³-hybridized carbons (Fsp3) is 0.192. The third-order valence-corrected chi connectivity index (χ3v) is 12.9. The van der Waals surface area contributed by atoms with Gasteiger partial charge in [0.05, 0.1) is 11.1 Å². The molecule has 53 heavy (non-hydrogen) atoms. The van der Waals surface area contributed by atoms with Crippen molar-refractivity contribution in [3.8, 4) is 33.4 Å². The van der Waals surface area contributed by atoms with E-state index in [4.69, 9.17) is 0 Å². The highest BCUT2D eigenvalue weighted by Gasteiger charge is 2.52. The van der Waals surface area contributed by atoms with Crippen LogP contribution in [-0.4, -0.2) is 0 Å². The molecule has 1 heteroatoms. The second-order valence-corrected chi connectivity index (χ2v) is 15.8. The SMILES string of the molecule is Cc1cc2c(cc1-c1cc3c(cc1N(c1ccccc1)c1ccc4c(c1)CCCC4)C1(c4ccccc4-c4ccccc41)c1ccccc1-3)CCCC2. The third kappa shape index (κ3) is 4.50. The van der Waals surface area contributed by atoms with Crippen LogP contribution < -0.4 is 4.90 Å². The minimum absolute atomic E-state index is 0.407. The predicted molar refractivity (Wildman–Crippen MR) is 221 cm³/mol. The van der Waals surface area contributed by atoms with E-state index in [1.54, 1.807) is 5.56 Å². The Bertz CT molecular complexity index is 2540. The van der Waals surface area contributed by atoms with Crippen LogP contribution in [0.4, 0.5) is 17.1 Å². The molecule has 0 unspecified atom stereocenters. The first-order valence-electron chi connectivity index (χ1n) is 19.8. The van der Waals surface area contributed by atoms with Gasteiger partial charge in [-0.1, -0.05) is 109 Å². The van der Waals surface area contributed by atoms with Crippen molar-refractivity contribution < 1.29 is 0 Å². The maximum atomic E-state index is 2.61. The lowest BCUT2D eigenvalue weighted by molar-refractivity contribution is 0.685. The molecule has 0 saturated carbocycles. The van der Waals surface area contributed by atoms with E-state index in [-0.39, 0.29) is 0 Å². The lowest BCUT2D eigenvalue weighted by Gasteiger charge is -2.34. The molecule has 11 rings (SSSR count). The van der Waals surface area contributed by atoms with E-state index in [0.717, 1.165) is 12.8 Å². The summed E-state index contributed by atoms with van der Waals surface area (Å²) in [6.45, 7) is 2.34. The first-order valence-corrected chi connectivity index (χ1v) is 19.8. The van der Waals surface area contributed by atoms with E-state index in [9.17, 15) is 0 Å². The number of nitrogens with zero attached hydrogens (tertiary/aromatic N) is 1. The van der Waals surface area contributed by atoms with Crippen molar-refractivity contribution in [3.63, 3.8) is 0 Å². The van der Waals surface area contributed by atoms with Gasteiger partial charge >= 0.3 is 0 Å². The van der Waals surface area contributed by atoms with E-state index in [0.29, 0.717) is 0 Å². The fourth-order valence-electron chi connectivity index (χ4n) is 10.6. The Balaban J connectivity index is 1.27. The Kier molecular flexibility index (Phi) is 6.96. The average molecular weight is 682 g/mol. The van der Waals surface area contributed by atoms with Crippen LogP contribution in [0.5, 0.6) is 0 Å². The van der Waals surface area contributed by atoms with Gasteiger partial charge in [0.15, 0.2) is 0 Å². The standard InChI is InChI=1S/C52H43N/c1-34-29-36-16-7-8-18-38(36)31-44(34)46-32-45-43-23-11-14-26-49(43)52(47-24-12-9-21-41(47)42-22-10-13-25-48(42)52)50(45)33-51(46)53(39-19-3-2-4-20-39)40-28-27-35-15-5-6-17-37(35)30-40/h2-4,9-14,19-33H,5-8,15-18H2,1H3. The molecule has 0 radical (unpaired) electrons. The first kappa shape index (κ1) is 30.9. The van der Waals surface area contributed by atoms with Gasteiger partial charge in [0.1, 0.15) is 0 Å². The summed E-state index contributed by atoms with van der Waals surface area (Å²) in [6, 6.07) is 56.2. The minimum atomic E-state index is -0.407. The Morgan fingerprint density at radius 1 is 0.377 bits per heavy atom. The number of benzene rings is 7. The molecule has 7 aromatic carbocycles. The van der Waals surface area contributed by atoms with Gasteiger partial charge in [-0.05, 0) is 173 Å². The van der Waals surface area contributed by atoms with Crippen LogP contribution in [-0.2, 0) is 31.1 Å². The van der Waals surface area contributed by atoms with Crippen LogP contribution >= 0.6 is 0 Å². The van der Waals surface area contributed by atoms with E-state index < -0.39 is 5.41 Å². The number of hydrogen-bond donors (Lipinski definition) is 0. The average Bonchev–Trinajstić information content (AvgIpc) is 3.68. The topological polar surface area (TPSA) is 3.24 Å². The van der Waals surface area contributed by atoms with Crippen molar-refractivity contribution in [2.24, 2.45) is 0 Å². The zero-order valence-electron chi connectivity index (χ0n) is 30.5. The van der Waals surface area contributed by atoms with Crippen molar-refractivity contribution in [1.29, 1.82) is 0 Å². The van der Waals surface area contributed by atoms with Crippen molar-refractivity contribution >= 4 is 17.1 Å². The Morgan fingerprint density at radius 2 is 0.906 bits per heavy atom. The summed E-state index contributed by atoms with van der Waals surface area (Å²) in [4.78, 5) is 2.58. The molecule has 0 heterocycles. The lowest BCUT2D eigenvalue weighted by atomic mass is 9.70.